The fraction of sp³-hybridized carbons (Fsp3) is 0.261. The van der Waals surface area contributed by atoms with Crippen molar-refractivity contribution < 1.29 is 4.79 Å². The monoisotopic (exact) mass is 391 g/mol. The van der Waals surface area contributed by atoms with Gasteiger partial charge < -0.3 is 4.90 Å². The van der Waals surface area contributed by atoms with Crippen LogP contribution in [0.4, 0.5) is 0 Å². The first kappa shape index (κ1) is 18.6. The van der Waals surface area contributed by atoms with Gasteiger partial charge in [0.1, 0.15) is 0 Å². The fourth-order valence-corrected chi connectivity index (χ4v) is 3.87. The molecule has 1 amide bonds. The Labute approximate surface area is 170 Å². The summed E-state index contributed by atoms with van der Waals surface area (Å²) < 4.78 is 0. The summed E-state index contributed by atoms with van der Waals surface area (Å²) in [4.78, 5) is 23.8. The van der Waals surface area contributed by atoms with E-state index in [4.69, 9.17) is 16.6 Å². The Morgan fingerprint density at radius 2 is 1.93 bits per heavy atom. The van der Waals surface area contributed by atoms with Crippen LogP contribution in [-0.2, 0) is 17.6 Å². The van der Waals surface area contributed by atoms with E-state index in [1.54, 1.807) is 12.4 Å². The predicted molar refractivity (Wildman–Crippen MR) is 110 cm³/mol. The van der Waals surface area contributed by atoms with Crippen molar-refractivity contribution in [3.8, 4) is 0 Å². The molecule has 0 N–H and O–H groups in total. The highest BCUT2D eigenvalue weighted by Crippen LogP contribution is 2.31. The Balaban J connectivity index is 1.49. The Morgan fingerprint density at radius 1 is 1.07 bits per heavy atom. The molecule has 0 spiro atoms. The maximum atomic E-state index is 12.9. The molecule has 0 saturated carbocycles. The van der Waals surface area contributed by atoms with E-state index in [-0.39, 0.29) is 11.9 Å². The first-order valence-electron chi connectivity index (χ1n) is 9.58. The third kappa shape index (κ3) is 4.39. The lowest BCUT2D eigenvalue weighted by Gasteiger charge is -2.25. The molecule has 1 fully saturated rings. The van der Waals surface area contributed by atoms with E-state index in [1.165, 1.54) is 5.56 Å². The van der Waals surface area contributed by atoms with E-state index in [0.29, 0.717) is 6.42 Å². The van der Waals surface area contributed by atoms with Crippen LogP contribution in [0.3, 0.4) is 0 Å². The molecule has 4 rings (SSSR count). The van der Waals surface area contributed by atoms with Gasteiger partial charge in [-0.1, -0.05) is 35.9 Å². The van der Waals surface area contributed by atoms with Gasteiger partial charge in [-0.3, -0.25) is 14.8 Å². The zero-order valence-corrected chi connectivity index (χ0v) is 16.3. The number of rotatable bonds is 5. The number of carbonyl (C=O) groups excluding carboxylic acids is 1. The van der Waals surface area contributed by atoms with Gasteiger partial charge in [0.2, 0.25) is 5.91 Å². The minimum atomic E-state index is 0.0503. The van der Waals surface area contributed by atoms with E-state index in [2.05, 4.69) is 4.98 Å². The maximum absolute atomic E-state index is 12.9. The number of hydrogen-bond acceptors (Lipinski definition) is 3. The number of nitrogens with zero attached hydrogens (tertiary/aromatic N) is 3. The molecule has 0 aliphatic carbocycles. The summed E-state index contributed by atoms with van der Waals surface area (Å²) in [6.45, 7) is 0.785. The van der Waals surface area contributed by atoms with Gasteiger partial charge in [-0.25, -0.2) is 0 Å². The third-order valence-corrected chi connectivity index (χ3v) is 5.37. The van der Waals surface area contributed by atoms with Crippen LogP contribution >= 0.6 is 11.6 Å². The summed E-state index contributed by atoms with van der Waals surface area (Å²) in [6.07, 6.45) is 6.58. The molecule has 3 heterocycles. The molecule has 0 bridgehead atoms. The molecule has 0 radical (unpaired) electrons. The van der Waals surface area contributed by atoms with E-state index >= 15 is 0 Å². The molecule has 5 heteroatoms. The smallest absolute Gasteiger partial charge is 0.227 e. The van der Waals surface area contributed by atoms with Crippen LogP contribution in [-0.4, -0.2) is 27.3 Å². The molecule has 4 nitrogen and oxygen atoms in total. The van der Waals surface area contributed by atoms with Gasteiger partial charge in [0, 0.05) is 36.1 Å². The summed E-state index contributed by atoms with van der Waals surface area (Å²) in [6, 6.07) is 17.8. The number of amides is 1. The summed E-state index contributed by atoms with van der Waals surface area (Å²) in [7, 11) is 0. The molecule has 1 atom stereocenters. The molecule has 3 aromatic rings. The topological polar surface area (TPSA) is 46.1 Å². The number of halogens is 1. The fourth-order valence-electron chi connectivity index (χ4n) is 3.75. The van der Waals surface area contributed by atoms with Gasteiger partial charge >= 0.3 is 0 Å². The van der Waals surface area contributed by atoms with Crippen molar-refractivity contribution in [2.24, 2.45) is 0 Å². The normalized spacial score (nSPS) is 16.3. The highest BCUT2D eigenvalue weighted by Gasteiger charge is 2.30. The summed E-state index contributed by atoms with van der Waals surface area (Å²) in [5.74, 6) is 0.139. The zero-order valence-electron chi connectivity index (χ0n) is 15.6. The quantitative estimate of drug-likeness (QED) is 0.637. The van der Waals surface area contributed by atoms with Crippen LogP contribution in [0.5, 0.6) is 0 Å². The van der Waals surface area contributed by atoms with Crippen LogP contribution in [0.2, 0.25) is 5.02 Å². The maximum Gasteiger partial charge on any atom is 0.227 e. The average molecular weight is 392 g/mol. The summed E-state index contributed by atoms with van der Waals surface area (Å²) in [5, 5.41) is 0.735. The second-order valence-corrected chi connectivity index (χ2v) is 7.58. The minimum Gasteiger partial charge on any atom is -0.334 e. The van der Waals surface area contributed by atoms with Crippen LogP contribution < -0.4 is 0 Å². The Kier molecular flexibility index (Phi) is 5.68. The second-order valence-electron chi connectivity index (χ2n) is 7.14. The molecule has 2 aromatic heterocycles. The molecule has 0 unspecified atom stereocenters. The van der Waals surface area contributed by atoms with Crippen molar-refractivity contribution in [2.75, 3.05) is 6.54 Å². The summed E-state index contributed by atoms with van der Waals surface area (Å²) in [5.41, 5.74) is 4.10. The Bertz CT molecular complexity index is 944. The lowest BCUT2D eigenvalue weighted by Crippen LogP contribution is -2.32. The first-order valence-corrected chi connectivity index (χ1v) is 9.95. The lowest BCUT2D eigenvalue weighted by atomic mass is 10.1. The van der Waals surface area contributed by atoms with Crippen molar-refractivity contribution in [1.29, 1.82) is 0 Å². The van der Waals surface area contributed by atoms with Crippen LogP contribution in [0, 0.1) is 0 Å². The van der Waals surface area contributed by atoms with Crippen LogP contribution in [0.1, 0.15) is 41.4 Å². The molecular weight excluding hydrogens is 370 g/mol. The second kappa shape index (κ2) is 8.53. The molecule has 1 saturated heterocycles. The lowest BCUT2D eigenvalue weighted by molar-refractivity contribution is -0.131. The third-order valence-electron chi connectivity index (χ3n) is 5.12. The predicted octanol–water partition coefficient (Wildman–Crippen LogP) is 4.63. The van der Waals surface area contributed by atoms with Crippen molar-refractivity contribution in [3.63, 3.8) is 0 Å². The average Bonchev–Trinajstić information content (AvgIpc) is 3.21. The number of carbonyl (C=O) groups is 1. The largest absolute Gasteiger partial charge is 0.334 e. The molecular formula is C23H22ClN3O. The van der Waals surface area contributed by atoms with Crippen LogP contribution in [0.25, 0.3) is 0 Å². The first-order chi connectivity index (χ1) is 13.7. The van der Waals surface area contributed by atoms with Gasteiger partial charge in [0.15, 0.2) is 0 Å². The van der Waals surface area contributed by atoms with E-state index in [9.17, 15) is 4.79 Å². The van der Waals surface area contributed by atoms with E-state index in [1.807, 2.05) is 59.5 Å². The van der Waals surface area contributed by atoms with Gasteiger partial charge in [-0.2, -0.15) is 0 Å². The summed E-state index contributed by atoms with van der Waals surface area (Å²) >= 11 is 5.97. The van der Waals surface area contributed by atoms with E-state index in [0.717, 1.165) is 47.8 Å². The number of benzene rings is 1. The van der Waals surface area contributed by atoms with Crippen molar-refractivity contribution in [2.45, 2.75) is 31.7 Å². The highest BCUT2D eigenvalue weighted by molar-refractivity contribution is 6.30. The number of likely N-dealkylation sites (tertiary alicyclic amines) is 1. The SMILES string of the molecule is O=C(Cc1cccnc1)N1CCC[C@H]1c1cccc(Cc2ccc(Cl)cc2)n1. The molecule has 28 heavy (non-hydrogen) atoms. The van der Waals surface area contributed by atoms with Crippen molar-refractivity contribution in [3.05, 3.63) is 94.5 Å². The highest BCUT2D eigenvalue weighted by atomic mass is 35.5. The molecule has 142 valence electrons. The van der Waals surface area contributed by atoms with Gasteiger partial charge in [-0.05, 0) is 54.3 Å². The number of aromatic nitrogens is 2. The van der Waals surface area contributed by atoms with Gasteiger partial charge in [0.25, 0.3) is 0 Å². The Morgan fingerprint density at radius 3 is 2.71 bits per heavy atom. The molecule has 1 aliphatic heterocycles. The Hall–Kier alpha value is -2.72. The van der Waals surface area contributed by atoms with Crippen molar-refractivity contribution in [1.82, 2.24) is 14.9 Å². The molecule has 1 aliphatic rings. The minimum absolute atomic E-state index is 0.0503. The number of pyridine rings is 2. The molecule has 1 aromatic carbocycles. The standard InChI is InChI=1S/C23H22ClN3O/c24-19-10-8-17(9-11-19)14-20-5-1-6-21(26-20)22-7-3-13-27(22)23(28)15-18-4-2-12-25-16-18/h1-2,4-6,8-12,16,22H,3,7,13-15H2/t22-/m0/s1. The number of hydrogen-bond donors (Lipinski definition) is 0. The van der Waals surface area contributed by atoms with E-state index < -0.39 is 0 Å². The van der Waals surface area contributed by atoms with Crippen LogP contribution in [0.15, 0.2) is 67.0 Å². The zero-order chi connectivity index (χ0) is 19.3. The van der Waals surface area contributed by atoms with Gasteiger partial charge in [-0.15, -0.1) is 0 Å². The van der Waals surface area contributed by atoms with Gasteiger partial charge in [0.05, 0.1) is 18.2 Å². The van der Waals surface area contributed by atoms with Crippen molar-refractivity contribution >= 4 is 17.5 Å².